The molecular weight excluding hydrogens is 306 g/mol. The van der Waals surface area contributed by atoms with Crippen LogP contribution in [0.4, 0.5) is 0 Å². The molecule has 3 nitrogen and oxygen atoms in total. The monoisotopic (exact) mass is 323 g/mol. The van der Waals surface area contributed by atoms with Crippen molar-refractivity contribution < 1.29 is 9.90 Å². The molecule has 116 valence electrons. The Morgan fingerprint density at radius 2 is 1.78 bits per heavy atom. The molecule has 3 aromatic rings. The zero-order valence-electron chi connectivity index (χ0n) is 13.3. The van der Waals surface area contributed by atoms with Crippen molar-refractivity contribution in [1.82, 2.24) is 4.98 Å². The fraction of sp³-hybridized carbons (Fsp3) is 0.158. The van der Waals surface area contributed by atoms with Gasteiger partial charge in [0.05, 0.1) is 16.8 Å². The molecule has 0 unspecified atom stereocenters. The van der Waals surface area contributed by atoms with Gasteiger partial charge in [-0.2, -0.15) is 0 Å². The Kier molecular flexibility index (Phi) is 4.09. The fourth-order valence-electron chi connectivity index (χ4n) is 2.62. The van der Waals surface area contributed by atoms with Crippen molar-refractivity contribution in [1.29, 1.82) is 0 Å². The highest BCUT2D eigenvalue weighted by atomic mass is 32.2. The summed E-state index contributed by atoms with van der Waals surface area (Å²) < 4.78 is 0. The van der Waals surface area contributed by atoms with E-state index in [1.165, 1.54) is 11.8 Å². The van der Waals surface area contributed by atoms with Gasteiger partial charge in [0.1, 0.15) is 0 Å². The van der Waals surface area contributed by atoms with Gasteiger partial charge in [-0.3, -0.25) is 4.98 Å². The molecule has 0 aliphatic rings. The quantitative estimate of drug-likeness (QED) is 0.736. The molecule has 1 heterocycles. The lowest BCUT2D eigenvalue weighted by Gasteiger charge is -2.13. The van der Waals surface area contributed by atoms with E-state index >= 15 is 0 Å². The molecular formula is C19H17NO2S. The molecule has 3 rings (SSSR count). The van der Waals surface area contributed by atoms with Crippen molar-refractivity contribution in [2.24, 2.45) is 0 Å². The average Bonchev–Trinajstić information content (AvgIpc) is 2.48. The average molecular weight is 323 g/mol. The van der Waals surface area contributed by atoms with Crippen LogP contribution < -0.4 is 0 Å². The van der Waals surface area contributed by atoms with Gasteiger partial charge < -0.3 is 5.11 Å². The number of pyridine rings is 1. The van der Waals surface area contributed by atoms with Gasteiger partial charge in [-0.15, -0.1) is 0 Å². The van der Waals surface area contributed by atoms with Gasteiger partial charge in [-0.1, -0.05) is 41.1 Å². The SMILES string of the molecule is Cc1cccc(Sc2c(C)nc3ccc(C)cc3c2C(=O)O)c1. The topological polar surface area (TPSA) is 50.2 Å². The third-order valence-electron chi connectivity index (χ3n) is 3.69. The number of hydrogen-bond acceptors (Lipinski definition) is 3. The van der Waals surface area contributed by atoms with Crippen LogP contribution in [-0.4, -0.2) is 16.1 Å². The first-order valence-electron chi connectivity index (χ1n) is 7.34. The number of carbonyl (C=O) groups is 1. The van der Waals surface area contributed by atoms with Crippen LogP contribution in [-0.2, 0) is 0 Å². The lowest BCUT2D eigenvalue weighted by molar-refractivity contribution is 0.0695. The smallest absolute Gasteiger partial charge is 0.337 e. The molecule has 0 aliphatic heterocycles. The number of aryl methyl sites for hydroxylation is 3. The van der Waals surface area contributed by atoms with Gasteiger partial charge in [0.15, 0.2) is 0 Å². The Morgan fingerprint density at radius 1 is 1.04 bits per heavy atom. The Morgan fingerprint density at radius 3 is 2.48 bits per heavy atom. The van der Waals surface area contributed by atoms with E-state index in [0.29, 0.717) is 15.8 Å². The lowest BCUT2D eigenvalue weighted by Crippen LogP contribution is -2.04. The van der Waals surface area contributed by atoms with E-state index in [-0.39, 0.29) is 0 Å². The summed E-state index contributed by atoms with van der Waals surface area (Å²) in [5.41, 5.74) is 3.97. The second kappa shape index (κ2) is 6.05. The molecule has 2 aromatic carbocycles. The molecule has 0 atom stereocenters. The minimum Gasteiger partial charge on any atom is -0.478 e. The van der Waals surface area contributed by atoms with E-state index in [2.05, 4.69) is 11.1 Å². The Labute approximate surface area is 139 Å². The summed E-state index contributed by atoms with van der Waals surface area (Å²) in [5.74, 6) is -0.916. The number of hydrogen-bond donors (Lipinski definition) is 1. The first-order chi connectivity index (χ1) is 11.0. The number of benzene rings is 2. The molecule has 0 aliphatic carbocycles. The molecule has 0 radical (unpaired) electrons. The Bertz CT molecular complexity index is 919. The van der Waals surface area contributed by atoms with Gasteiger partial charge in [-0.05, 0) is 45.0 Å². The Hall–Kier alpha value is -2.33. The molecule has 0 saturated carbocycles. The van der Waals surface area contributed by atoms with Crippen molar-refractivity contribution in [3.05, 3.63) is 64.8 Å². The molecule has 0 amide bonds. The van der Waals surface area contributed by atoms with Crippen molar-refractivity contribution in [3.63, 3.8) is 0 Å². The summed E-state index contributed by atoms with van der Waals surface area (Å²) in [4.78, 5) is 18.2. The van der Waals surface area contributed by atoms with Crippen LogP contribution in [0, 0.1) is 20.8 Å². The molecule has 0 spiro atoms. The number of fused-ring (bicyclic) bond motifs is 1. The predicted molar refractivity (Wildman–Crippen MR) is 93.5 cm³/mol. The van der Waals surface area contributed by atoms with Crippen LogP contribution >= 0.6 is 11.8 Å². The first-order valence-corrected chi connectivity index (χ1v) is 8.16. The van der Waals surface area contributed by atoms with Gasteiger partial charge >= 0.3 is 5.97 Å². The predicted octanol–water partition coefficient (Wildman–Crippen LogP) is 5.01. The molecule has 0 fully saturated rings. The molecule has 1 N–H and O–H groups in total. The highest BCUT2D eigenvalue weighted by molar-refractivity contribution is 7.99. The van der Waals surface area contributed by atoms with Crippen LogP contribution in [0.15, 0.2) is 52.3 Å². The van der Waals surface area contributed by atoms with E-state index in [4.69, 9.17) is 0 Å². The summed E-state index contributed by atoms with van der Waals surface area (Å²) >= 11 is 1.46. The maximum Gasteiger partial charge on any atom is 0.337 e. The summed E-state index contributed by atoms with van der Waals surface area (Å²) in [6.07, 6.45) is 0. The van der Waals surface area contributed by atoms with Crippen LogP contribution in [0.25, 0.3) is 10.9 Å². The van der Waals surface area contributed by atoms with E-state index in [1.54, 1.807) is 0 Å². The van der Waals surface area contributed by atoms with Crippen molar-refractivity contribution >= 4 is 28.6 Å². The first kappa shape index (κ1) is 15.6. The fourth-order valence-corrected chi connectivity index (χ4v) is 3.74. The zero-order valence-corrected chi connectivity index (χ0v) is 14.1. The molecule has 4 heteroatoms. The highest BCUT2D eigenvalue weighted by Gasteiger charge is 2.19. The number of aromatic carboxylic acids is 1. The van der Waals surface area contributed by atoms with Crippen molar-refractivity contribution in [3.8, 4) is 0 Å². The van der Waals surface area contributed by atoms with Crippen LogP contribution in [0.3, 0.4) is 0 Å². The molecule has 0 saturated heterocycles. The van der Waals surface area contributed by atoms with Gasteiger partial charge in [0.2, 0.25) is 0 Å². The third-order valence-corrected chi connectivity index (χ3v) is 4.88. The summed E-state index contributed by atoms with van der Waals surface area (Å²) in [6, 6.07) is 13.8. The highest BCUT2D eigenvalue weighted by Crippen LogP contribution is 2.36. The maximum atomic E-state index is 11.9. The summed E-state index contributed by atoms with van der Waals surface area (Å²) in [7, 11) is 0. The van der Waals surface area contributed by atoms with E-state index in [0.717, 1.165) is 27.2 Å². The summed E-state index contributed by atoms with van der Waals surface area (Å²) in [6.45, 7) is 5.85. The zero-order chi connectivity index (χ0) is 16.6. The second-order valence-electron chi connectivity index (χ2n) is 5.65. The van der Waals surface area contributed by atoms with Crippen LogP contribution in [0.1, 0.15) is 27.2 Å². The standard InChI is InChI=1S/C19H17NO2S/c1-11-5-4-6-14(9-11)23-18-13(3)20-16-8-7-12(2)10-15(16)17(18)19(21)22/h4-10H,1-3H3,(H,21,22). The number of nitrogens with zero attached hydrogens (tertiary/aromatic N) is 1. The van der Waals surface area contributed by atoms with E-state index < -0.39 is 5.97 Å². The van der Waals surface area contributed by atoms with Crippen LogP contribution in [0.2, 0.25) is 0 Å². The van der Waals surface area contributed by atoms with E-state index in [1.807, 2.05) is 57.2 Å². The third kappa shape index (κ3) is 3.08. The van der Waals surface area contributed by atoms with Gasteiger partial charge in [0.25, 0.3) is 0 Å². The summed E-state index contributed by atoms with van der Waals surface area (Å²) in [5, 5.41) is 10.5. The second-order valence-corrected chi connectivity index (χ2v) is 6.73. The van der Waals surface area contributed by atoms with E-state index in [9.17, 15) is 9.90 Å². The van der Waals surface area contributed by atoms with Gasteiger partial charge in [-0.25, -0.2) is 4.79 Å². The normalized spacial score (nSPS) is 10.9. The lowest BCUT2D eigenvalue weighted by atomic mass is 10.1. The Balaban J connectivity index is 2.24. The molecule has 23 heavy (non-hydrogen) atoms. The number of carboxylic acids is 1. The number of aromatic nitrogens is 1. The largest absolute Gasteiger partial charge is 0.478 e. The maximum absolute atomic E-state index is 11.9. The number of rotatable bonds is 3. The van der Waals surface area contributed by atoms with Gasteiger partial charge in [0, 0.05) is 15.2 Å². The molecule has 0 bridgehead atoms. The minimum atomic E-state index is -0.916. The molecule has 1 aromatic heterocycles. The minimum absolute atomic E-state index is 0.336. The van der Waals surface area contributed by atoms with Crippen molar-refractivity contribution in [2.75, 3.05) is 0 Å². The van der Waals surface area contributed by atoms with Crippen LogP contribution in [0.5, 0.6) is 0 Å². The number of carboxylic acid groups (broad SMARTS) is 1. The van der Waals surface area contributed by atoms with Crippen molar-refractivity contribution in [2.45, 2.75) is 30.6 Å².